The Labute approximate surface area is 187 Å². The quantitative estimate of drug-likeness (QED) is 0.546. The van der Waals surface area contributed by atoms with Crippen LogP contribution in [0.15, 0.2) is 36.7 Å². The molecule has 10 heteroatoms. The second kappa shape index (κ2) is 8.28. The van der Waals surface area contributed by atoms with Crippen LogP contribution in [-0.2, 0) is 19.1 Å². The van der Waals surface area contributed by atoms with Gasteiger partial charge in [-0.1, -0.05) is 11.6 Å². The summed E-state index contributed by atoms with van der Waals surface area (Å²) in [7, 11) is 1.74. The summed E-state index contributed by atoms with van der Waals surface area (Å²) in [5, 5.41) is 10.00. The summed E-state index contributed by atoms with van der Waals surface area (Å²) in [5.41, 5.74) is 2.76. The Balaban J connectivity index is 1.70. The lowest BCUT2D eigenvalue weighted by atomic mass is 10.0. The minimum Gasteiger partial charge on any atom is -0.366 e. The van der Waals surface area contributed by atoms with Gasteiger partial charge in [0.2, 0.25) is 0 Å². The number of aromatic nitrogens is 3. The maximum absolute atomic E-state index is 13.0. The van der Waals surface area contributed by atoms with E-state index >= 15 is 0 Å². The molecule has 1 aliphatic rings. The lowest BCUT2D eigenvalue weighted by Crippen LogP contribution is -2.33. The summed E-state index contributed by atoms with van der Waals surface area (Å²) in [5.74, 6) is 0.580. The lowest BCUT2D eigenvalue weighted by Gasteiger charge is -2.33. The Morgan fingerprint density at radius 3 is 2.66 bits per heavy atom. The monoisotopic (exact) mass is 458 g/mol. The molecule has 0 saturated carbocycles. The highest BCUT2D eigenvalue weighted by atomic mass is 35.5. The van der Waals surface area contributed by atoms with E-state index in [1.54, 1.807) is 24.1 Å². The summed E-state index contributed by atoms with van der Waals surface area (Å²) in [6.07, 6.45) is -2.42. The van der Waals surface area contributed by atoms with Crippen LogP contribution in [0.2, 0.25) is 5.02 Å². The van der Waals surface area contributed by atoms with Gasteiger partial charge in [-0.25, -0.2) is 15.0 Å². The van der Waals surface area contributed by atoms with Crippen molar-refractivity contribution in [2.75, 3.05) is 23.4 Å². The van der Waals surface area contributed by atoms with Gasteiger partial charge in [0.05, 0.1) is 28.3 Å². The van der Waals surface area contributed by atoms with E-state index in [1.165, 1.54) is 19.3 Å². The van der Waals surface area contributed by atoms with Crippen molar-refractivity contribution in [1.29, 1.82) is 5.26 Å². The Kier molecular flexibility index (Phi) is 5.65. The molecule has 0 fully saturated rings. The van der Waals surface area contributed by atoms with E-state index in [9.17, 15) is 18.4 Å². The molecular weight excluding hydrogens is 441 g/mol. The van der Waals surface area contributed by atoms with E-state index in [0.29, 0.717) is 41.6 Å². The normalized spacial score (nSPS) is 13.5. The van der Waals surface area contributed by atoms with Gasteiger partial charge >= 0.3 is 6.18 Å². The second-order valence-corrected chi connectivity index (χ2v) is 7.86. The third-order valence-corrected chi connectivity index (χ3v) is 5.66. The van der Waals surface area contributed by atoms with Crippen LogP contribution in [0.25, 0.3) is 0 Å². The van der Waals surface area contributed by atoms with Gasteiger partial charge in [0.1, 0.15) is 23.9 Å². The number of hydrogen-bond donors (Lipinski definition) is 0. The molecule has 0 unspecified atom stereocenters. The van der Waals surface area contributed by atoms with Crippen LogP contribution >= 0.6 is 11.6 Å². The summed E-state index contributed by atoms with van der Waals surface area (Å²) in [6, 6.07) is 9.70. The Morgan fingerprint density at radius 1 is 1.19 bits per heavy atom. The van der Waals surface area contributed by atoms with Crippen LogP contribution < -0.4 is 9.80 Å². The number of nitrogens with zero attached hydrogens (tertiary/aromatic N) is 6. The molecule has 3 aromatic rings. The van der Waals surface area contributed by atoms with Crippen molar-refractivity contribution in [3.8, 4) is 6.07 Å². The molecule has 1 aromatic carbocycles. The van der Waals surface area contributed by atoms with Crippen LogP contribution in [0.5, 0.6) is 0 Å². The fraction of sp³-hybridized carbons (Fsp3) is 0.273. The van der Waals surface area contributed by atoms with Crippen LogP contribution in [0, 0.1) is 18.3 Å². The fourth-order valence-electron chi connectivity index (χ4n) is 3.87. The first kappa shape index (κ1) is 21.8. The molecular formula is C22H18ClF3N6. The van der Waals surface area contributed by atoms with Crippen molar-refractivity contribution in [2.24, 2.45) is 0 Å². The average molecular weight is 459 g/mol. The van der Waals surface area contributed by atoms with Gasteiger partial charge in [-0.05, 0) is 37.3 Å². The number of nitriles is 1. The van der Waals surface area contributed by atoms with Crippen molar-refractivity contribution in [1.82, 2.24) is 15.0 Å². The predicted molar refractivity (Wildman–Crippen MR) is 115 cm³/mol. The van der Waals surface area contributed by atoms with Gasteiger partial charge in [0, 0.05) is 37.1 Å². The SMILES string of the molecule is Cc1nc(C(F)(F)F)ccc1N(C)c1ncnc2c1CN(c1ccc(Cl)cc1C#N)CC2. The first-order chi connectivity index (χ1) is 15.2. The number of halogens is 4. The number of rotatable bonds is 3. The first-order valence-corrected chi connectivity index (χ1v) is 10.1. The van der Waals surface area contributed by atoms with Gasteiger partial charge in [0.25, 0.3) is 0 Å². The van der Waals surface area contributed by atoms with Gasteiger partial charge in [0.15, 0.2) is 0 Å². The molecule has 0 atom stereocenters. The molecule has 2 aromatic heterocycles. The highest BCUT2D eigenvalue weighted by Gasteiger charge is 2.33. The van der Waals surface area contributed by atoms with E-state index in [2.05, 4.69) is 25.9 Å². The zero-order valence-electron chi connectivity index (χ0n) is 17.3. The topological polar surface area (TPSA) is 68.9 Å². The van der Waals surface area contributed by atoms with Crippen molar-refractivity contribution < 1.29 is 13.2 Å². The van der Waals surface area contributed by atoms with E-state index < -0.39 is 11.9 Å². The molecule has 0 N–H and O–H groups in total. The molecule has 32 heavy (non-hydrogen) atoms. The first-order valence-electron chi connectivity index (χ1n) is 9.75. The predicted octanol–water partition coefficient (Wildman–Crippen LogP) is 5.05. The number of aryl methyl sites for hydroxylation is 1. The van der Waals surface area contributed by atoms with Crippen LogP contribution in [0.1, 0.15) is 28.2 Å². The summed E-state index contributed by atoms with van der Waals surface area (Å²) >= 11 is 6.03. The highest BCUT2D eigenvalue weighted by Crippen LogP contribution is 2.35. The molecule has 0 amide bonds. The molecule has 0 saturated heterocycles. The smallest absolute Gasteiger partial charge is 0.366 e. The molecule has 4 rings (SSSR count). The van der Waals surface area contributed by atoms with Gasteiger partial charge < -0.3 is 9.80 Å². The third-order valence-electron chi connectivity index (χ3n) is 5.43. The van der Waals surface area contributed by atoms with Gasteiger partial charge in [-0.2, -0.15) is 18.4 Å². The van der Waals surface area contributed by atoms with Crippen molar-refractivity contribution in [3.63, 3.8) is 0 Å². The number of benzene rings is 1. The standard InChI is InChI=1S/C22H18ClF3N6/c1-13-18(5-6-20(30-13)22(24,25)26)31(2)21-16-11-32(8-7-17(16)28-12-29-21)19-4-3-15(23)9-14(19)10-27/h3-6,9,12H,7-8,11H2,1-2H3. The fourth-order valence-corrected chi connectivity index (χ4v) is 4.05. The maximum atomic E-state index is 13.0. The highest BCUT2D eigenvalue weighted by molar-refractivity contribution is 6.30. The largest absolute Gasteiger partial charge is 0.433 e. The van der Waals surface area contributed by atoms with Gasteiger partial charge in [-0.15, -0.1) is 0 Å². The number of alkyl halides is 3. The molecule has 1 aliphatic heterocycles. The average Bonchev–Trinajstić information content (AvgIpc) is 2.77. The summed E-state index contributed by atoms with van der Waals surface area (Å²) in [4.78, 5) is 16.3. The Bertz CT molecular complexity index is 1220. The number of hydrogen-bond acceptors (Lipinski definition) is 6. The second-order valence-electron chi connectivity index (χ2n) is 7.43. The van der Waals surface area contributed by atoms with E-state index in [0.717, 1.165) is 23.0 Å². The molecule has 0 aliphatic carbocycles. The minimum atomic E-state index is -4.51. The Hall–Kier alpha value is -3.38. The zero-order chi connectivity index (χ0) is 23.0. The molecule has 3 heterocycles. The third kappa shape index (κ3) is 4.06. The molecule has 0 bridgehead atoms. The number of pyridine rings is 1. The van der Waals surface area contributed by atoms with E-state index in [-0.39, 0.29) is 5.69 Å². The molecule has 0 spiro atoms. The van der Waals surface area contributed by atoms with E-state index in [4.69, 9.17) is 11.6 Å². The summed E-state index contributed by atoms with van der Waals surface area (Å²) in [6.45, 7) is 2.64. The molecule has 0 radical (unpaired) electrons. The lowest BCUT2D eigenvalue weighted by molar-refractivity contribution is -0.141. The number of anilines is 3. The maximum Gasteiger partial charge on any atom is 0.433 e. The van der Waals surface area contributed by atoms with Crippen molar-refractivity contribution in [2.45, 2.75) is 26.1 Å². The summed E-state index contributed by atoms with van der Waals surface area (Å²) < 4.78 is 39.0. The molecule has 6 nitrogen and oxygen atoms in total. The van der Waals surface area contributed by atoms with Crippen LogP contribution in [0.4, 0.5) is 30.4 Å². The van der Waals surface area contributed by atoms with E-state index in [1.807, 2.05) is 6.07 Å². The van der Waals surface area contributed by atoms with Crippen LogP contribution in [-0.4, -0.2) is 28.5 Å². The van der Waals surface area contributed by atoms with Crippen molar-refractivity contribution in [3.05, 3.63) is 69.9 Å². The van der Waals surface area contributed by atoms with Gasteiger partial charge in [-0.3, -0.25) is 0 Å². The number of fused-ring (bicyclic) bond motifs is 1. The molecule has 164 valence electrons. The minimum absolute atomic E-state index is 0.242. The zero-order valence-corrected chi connectivity index (χ0v) is 18.0. The van der Waals surface area contributed by atoms with Crippen molar-refractivity contribution >= 4 is 28.8 Å². The Morgan fingerprint density at radius 2 is 1.97 bits per heavy atom. The van der Waals surface area contributed by atoms with Crippen LogP contribution in [0.3, 0.4) is 0 Å².